The van der Waals surface area contributed by atoms with Gasteiger partial charge in [0.25, 0.3) is 5.91 Å². The highest BCUT2D eigenvalue weighted by Crippen LogP contribution is 2.28. The van der Waals surface area contributed by atoms with Crippen molar-refractivity contribution in [2.75, 3.05) is 5.32 Å². The molecular weight excluding hydrogens is 356 g/mol. The molecule has 140 valence electrons. The van der Waals surface area contributed by atoms with Crippen LogP contribution in [0, 0.1) is 0 Å². The Morgan fingerprint density at radius 1 is 1.11 bits per heavy atom. The van der Waals surface area contributed by atoms with Gasteiger partial charge < -0.3 is 5.32 Å². The summed E-state index contributed by atoms with van der Waals surface area (Å²) in [5.41, 5.74) is 2.59. The average molecular weight is 381 g/mol. The molecule has 3 aromatic rings. The fraction of sp³-hybridized carbons (Fsp3) is 0.381. The minimum absolute atomic E-state index is 0.0499. The topological polar surface area (TPSA) is 59.8 Å². The molecule has 0 bridgehead atoms. The maximum absolute atomic E-state index is 12.6. The number of aryl methyl sites for hydroxylation is 4. The molecular formula is C21H24N4OS. The second-order valence-corrected chi connectivity index (χ2v) is 8.13. The number of pyridine rings is 1. The van der Waals surface area contributed by atoms with Gasteiger partial charge in [0.05, 0.1) is 4.88 Å². The van der Waals surface area contributed by atoms with Crippen LogP contribution < -0.4 is 5.32 Å². The molecule has 1 amide bonds. The molecule has 0 spiro atoms. The Morgan fingerprint density at radius 2 is 1.93 bits per heavy atom. The third kappa shape index (κ3) is 4.63. The van der Waals surface area contributed by atoms with Gasteiger partial charge in [-0.1, -0.05) is 12.8 Å². The Morgan fingerprint density at radius 3 is 2.78 bits per heavy atom. The van der Waals surface area contributed by atoms with E-state index in [4.69, 9.17) is 0 Å². The first kappa shape index (κ1) is 17.9. The van der Waals surface area contributed by atoms with E-state index in [0.29, 0.717) is 5.82 Å². The normalized spacial score (nSPS) is 14.2. The highest BCUT2D eigenvalue weighted by Gasteiger charge is 2.16. The van der Waals surface area contributed by atoms with Crippen molar-refractivity contribution in [2.45, 2.75) is 51.5 Å². The van der Waals surface area contributed by atoms with Gasteiger partial charge in [-0.25, -0.2) is 0 Å². The SMILES string of the molecule is O=C(Nc1ccn(CCc2ccncc2)n1)c1cc2c(s1)CCCCCC2. The van der Waals surface area contributed by atoms with Gasteiger partial charge in [-0.05, 0) is 61.4 Å². The second-order valence-electron chi connectivity index (χ2n) is 7.00. The standard InChI is InChI=1S/C21H24N4OS/c26-21(19-15-17-5-3-1-2-4-6-18(17)27-19)23-20-10-14-25(24-20)13-9-16-7-11-22-12-8-16/h7-8,10-12,14-15H,1-6,9,13H2,(H,23,24,26). The molecule has 5 nitrogen and oxygen atoms in total. The fourth-order valence-electron chi connectivity index (χ4n) is 3.48. The molecule has 3 aromatic heterocycles. The van der Waals surface area contributed by atoms with Gasteiger partial charge >= 0.3 is 0 Å². The van der Waals surface area contributed by atoms with Crippen LogP contribution in [0.3, 0.4) is 0 Å². The highest BCUT2D eigenvalue weighted by molar-refractivity contribution is 7.14. The molecule has 0 fully saturated rings. The highest BCUT2D eigenvalue weighted by atomic mass is 32.1. The Labute approximate surface area is 163 Å². The van der Waals surface area contributed by atoms with E-state index in [1.165, 1.54) is 41.7 Å². The van der Waals surface area contributed by atoms with Crippen LogP contribution >= 0.6 is 11.3 Å². The molecule has 0 radical (unpaired) electrons. The van der Waals surface area contributed by atoms with E-state index in [1.807, 2.05) is 29.1 Å². The number of fused-ring (bicyclic) bond motifs is 1. The van der Waals surface area contributed by atoms with E-state index >= 15 is 0 Å². The summed E-state index contributed by atoms with van der Waals surface area (Å²) in [5, 5.41) is 7.42. The van der Waals surface area contributed by atoms with Crippen molar-refractivity contribution in [2.24, 2.45) is 0 Å². The van der Waals surface area contributed by atoms with Gasteiger partial charge in [0.2, 0.25) is 0 Å². The van der Waals surface area contributed by atoms with Crippen LogP contribution in [-0.4, -0.2) is 20.7 Å². The molecule has 1 N–H and O–H groups in total. The Bertz CT molecular complexity index is 875. The molecule has 3 heterocycles. The summed E-state index contributed by atoms with van der Waals surface area (Å²) < 4.78 is 1.86. The average Bonchev–Trinajstić information content (AvgIpc) is 3.28. The number of nitrogens with zero attached hydrogens (tertiary/aromatic N) is 3. The Kier molecular flexibility index (Phi) is 5.63. The predicted molar refractivity (Wildman–Crippen MR) is 108 cm³/mol. The van der Waals surface area contributed by atoms with Crippen molar-refractivity contribution in [1.82, 2.24) is 14.8 Å². The lowest BCUT2D eigenvalue weighted by Gasteiger charge is -2.07. The summed E-state index contributed by atoms with van der Waals surface area (Å²) in [6.45, 7) is 0.771. The van der Waals surface area contributed by atoms with Gasteiger partial charge in [0, 0.05) is 36.1 Å². The molecule has 0 aromatic carbocycles. The summed E-state index contributed by atoms with van der Waals surface area (Å²) in [4.78, 5) is 18.9. The third-order valence-electron chi connectivity index (χ3n) is 4.98. The van der Waals surface area contributed by atoms with Crippen molar-refractivity contribution in [3.05, 3.63) is 63.7 Å². The summed E-state index contributed by atoms with van der Waals surface area (Å²) in [6, 6.07) is 7.96. The van der Waals surface area contributed by atoms with Crippen molar-refractivity contribution >= 4 is 23.1 Å². The lowest BCUT2D eigenvalue weighted by Crippen LogP contribution is -2.11. The largest absolute Gasteiger partial charge is 0.304 e. The van der Waals surface area contributed by atoms with E-state index < -0.39 is 0 Å². The maximum Gasteiger partial charge on any atom is 0.266 e. The molecule has 6 heteroatoms. The molecule has 4 rings (SSSR count). The van der Waals surface area contributed by atoms with Gasteiger partial charge in [-0.2, -0.15) is 5.10 Å². The number of hydrogen-bond donors (Lipinski definition) is 1. The summed E-state index contributed by atoms with van der Waals surface area (Å²) in [5.74, 6) is 0.557. The van der Waals surface area contributed by atoms with Crippen LogP contribution in [0.5, 0.6) is 0 Å². The first-order valence-electron chi connectivity index (χ1n) is 9.63. The number of anilines is 1. The van der Waals surface area contributed by atoms with E-state index in [0.717, 1.165) is 30.7 Å². The molecule has 1 aliphatic carbocycles. The van der Waals surface area contributed by atoms with Crippen molar-refractivity contribution in [1.29, 1.82) is 0 Å². The summed E-state index contributed by atoms with van der Waals surface area (Å²) in [7, 11) is 0. The maximum atomic E-state index is 12.6. The van der Waals surface area contributed by atoms with Gasteiger partial charge in [-0.3, -0.25) is 14.5 Å². The van der Waals surface area contributed by atoms with E-state index in [2.05, 4.69) is 21.5 Å². The zero-order chi connectivity index (χ0) is 18.5. The van der Waals surface area contributed by atoms with Gasteiger partial charge in [-0.15, -0.1) is 11.3 Å². The van der Waals surface area contributed by atoms with Crippen LogP contribution in [0.25, 0.3) is 0 Å². The number of carbonyl (C=O) groups is 1. The number of hydrogen-bond acceptors (Lipinski definition) is 4. The molecule has 0 saturated carbocycles. The third-order valence-corrected chi connectivity index (χ3v) is 6.22. The quantitative estimate of drug-likeness (QED) is 0.709. The van der Waals surface area contributed by atoms with Crippen molar-refractivity contribution in [3.63, 3.8) is 0 Å². The fourth-order valence-corrected chi connectivity index (χ4v) is 4.63. The van der Waals surface area contributed by atoms with E-state index in [1.54, 1.807) is 23.7 Å². The number of nitrogens with one attached hydrogen (secondary N) is 1. The number of amides is 1. The van der Waals surface area contributed by atoms with E-state index in [9.17, 15) is 4.79 Å². The molecule has 0 unspecified atom stereocenters. The van der Waals surface area contributed by atoms with Crippen LogP contribution in [0.1, 0.15) is 51.4 Å². The summed E-state index contributed by atoms with van der Waals surface area (Å²) >= 11 is 1.65. The van der Waals surface area contributed by atoms with Crippen LogP contribution in [0.15, 0.2) is 42.9 Å². The van der Waals surface area contributed by atoms with Gasteiger partial charge in [0.1, 0.15) is 0 Å². The molecule has 0 atom stereocenters. The van der Waals surface area contributed by atoms with Crippen molar-refractivity contribution in [3.8, 4) is 0 Å². The first-order valence-corrected chi connectivity index (χ1v) is 10.4. The Hall–Kier alpha value is -2.47. The van der Waals surface area contributed by atoms with Crippen LogP contribution in [0.2, 0.25) is 0 Å². The zero-order valence-corrected chi connectivity index (χ0v) is 16.2. The number of thiophene rings is 1. The molecule has 0 saturated heterocycles. The van der Waals surface area contributed by atoms with Crippen LogP contribution in [-0.2, 0) is 25.8 Å². The van der Waals surface area contributed by atoms with E-state index in [-0.39, 0.29) is 5.91 Å². The lowest BCUT2D eigenvalue weighted by molar-refractivity contribution is 0.103. The Balaban J connectivity index is 1.37. The minimum atomic E-state index is -0.0499. The predicted octanol–water partition coefficient (Wildman–Crippen LogP) is 4.49. The minimum Gasteiger partial charge on any atom is -0.304 e. The molecule has 0 aliphatic heterocycles. The first-order chi connectivity index (χ1) is 13.3. The van der Waals surface area contributed by atoms with Gasteiger partial charge in [0.15, 0.2) is 5.82 Å². The smallest absolute Gasteiger partial charge is 0.266 e. The second kappa shape index (κ2) is 8.48. The monoisotopic (exact) mass is 380 g/mol. The number of rotatable bonds is 5. The molecule has 1 aliphatic rings. The zero-order valence-electron chi connectivity index (χ0n) is 15.4. The lowest BCUT2D eigenvalue weighted by atomic mass is 10.00. The van der Waals surface area contributed by atoms with Crippen LogP contribution in [0.4, 0.5) is 5.82 Å². The number of carbonyl (C=O) groups excluding carboxylic acids is 1. The van der Waals surface area contributed by atoms with Crippen molar-refractivity contribution < 1.29 is 4.79 Å². The number of aromatic nitrogens is 3. The molecule has 27 heavy (non-hydrogen) atoms. The summed E-state index contributed by atoms with van der Waals surface area (Å²) in [6.07, 6.45) is 13.7.